The molecule has 2 amide bonds. The van der Waals surface area contributed by atoms with Crippen LogP contribution in [0, 0.1) is 0 Å². The first-order valence-corrected chi connectivity index (χ1v) is 6.99. The van der Waals surface area contributed by atoms with Crippen molar-refractivity contribution in [2.75, 3.05) is 11.9 Å². The van der Waals surface area contributed by atoms with Crippen LogP contribution in [0.1, 0.15) is 19.8 Å². The molecule has 0 aliphatic heterocycles. The van der Waals surface area contributed by atoms with Gasteiger partial charge in [0.2, 0.25) is 0 Å². The summed E-state index contributed by atoms with van der Waals surface area (Å²) >= 11 is 0. The summed E-state index contributed by atoms with van der Waals surface area (Å²) in [6.07, 6.45) is 1.93. The van der Waals surface area contributed by atoms with Crippen LogP contribution < -0.4 is 16.4 Å². The number of hydrogen-bond donors (Lipinski definition) is 3. The normalized spacial score (nSPS) is 12.1. The van der Waals surface area contributed by atoms with Crippen molar-refractivity contribution in [1.82, 2.24) is 5.32 Å². The van der Waals surface area contributed by atoms with Gasteiger partial charge >= 0.3 is 6.03 Å². The molecule has 4 heteroatoms. The molecule has 106 valence electrons. The second kappa shape index (κ2) is 6.91. The number of carbonyl (C=O) groups is 1. The fourth-order valence-corrected chi connectivity index (χ4v) is 2.20. The van der Waals surface area contributed by atoms with E-state index in [-0.39, 0.29) is 12.1 Å². The summed E-state index contributed by atoms with van der Waals surface area (Å²) in [5.41, 5.74) is 6.68. The molecule has 0 radical (unpaired) electrons. The average molecular weight is 271 g/mol. The Bertz CT molecular complexity index is 577. The first-order chi connectivity index (χ1) is 9.70. The van der Waals surface area contributed by atoms with E-state index in [4.69, 9.17) is 5.73 Å². The Kier molecular flexibility index (Phi) is 4.96. The minimum Gasteiger partial charge on any atom is -0.336 e. The number of carbonyl (C=O) groups excluding carboxylic acids is 1. The van der Waals surface area contributed by atoms with Crippen molar-refractivity contribution in [3.8, 4) is 0 Å². The minimum absolute atomic E-state index is 0.0123. The molecule has 2 aromatic rings. The molecule has 0 saturated heterocycles. The topological polar surface area (TPSA) is 67.1 Å². The largest absolute Gasteiger partial charge is 0.336 e. The molecule has 1 atom stereocenters. The molecule has 0 fully saturated rings. The first kappa shape index (κ1) is 14.3. The lowest BCUT2D eigenvalue weighted by Gasteiger charge is -2.13. The highest BCUT2D eigenvalue weighted by molar-refractivity contribution is 6.01. The number of benzene rings is 2. The van der Waals surface area contributed by atoms with E-state index >= 15 is 0 Å². The van der Waals surface area contributed by atoms with Crippen LogP contribution in [0.3, 0.4) is 0 Å². The van der Waals surface area contributed by atoms with Crippen molar-refractivity contribution < 1.29 is 4.79 Å². The van der Waals surface area contributed by atoms with Crippen LogP contribution in [0.5, 0.6) is 0 Å². The van der Waals surface area contributed by atoms with Gasteiger partial charge in [0.1, 0.15) is 0 Å². The van der Waals surface area contributed by atoms with Crippen molar-refractivity contribution in [2.24, 2.45) is 5.73 Å². The van der Waals surface area contributed by atoms with E-state index in [9.17, 15) is 4.79 Å². The molecule has 0 aliphatic rings. The molecule has 4 N–H and O–H groups in total. The molecule has 0 heterocycles. The smallest absolute Gasteiger partial charge is 0.319 e. The monoisotopic (exact) mass is 271 g/mol. The first-order valence-electron chi connectivity index (χ1n) is 6.99. The van der Waals surface area contributed by atoms with Crippen molar-refractivity contribution >= 4 is 22.5 Å². The lowest BCUT2D eigenvalue weighted by molar-refractivity contribution is 0.251. The van der Waals surface area contributed by atoms with Crippen LogP contribution in [0.2, 0.25) is 0 Å². The quantitative estimate of drug-likeness (QED) is 0.782. The van der Waals surface area contributed by atoms with Gasteiger partial charge in [-0.2, -0.15) is 0 Å². The molecule has 0 aliphatic carbocycles. The number of nitrogens with two attached hydrogens (primary N) is 1. The SMILES string of the molecule is CCCC(N)CNC(=O)Nc1cccc2ccccc12. The zero-order valence-electron chi connectivity index (χ0n) is 11.7. The summed E-state index contributed by atoms with van der Waals surface area (Å²) in [6.45, 7) is 2.57. The van der Waals surface area contributed by atoms with Crippen molar-refractivity contribution in [2.45, 2.75) is 25.8 Å². The van der Waals surface area contributed by atoms with Crippen LogP contribution in [-0.4, -0.2) is 18.6 Å². The fraction of sp³-hybridized carbons (Fsp3) is 0.312. The van der Waals surface area contributed by atoms with Gasteiger partial charge in [-0.15, -0.1) is 0 Å². The van der Waals surface area contributed by atoms with Gasteiger partial charge in [0.25, 0.3) is 0 Å². The van der Waals surface area contributed by atoms with Gasteiger partial charge in [-0.1, -0.05) is 49.7 Å². The molecule has 0 spiro atoms. The summed E-state index contributed by atoms with van der Waals surface area (Å²) in [6, 6.07) is 13.6. The summed E-state index contributed by atoms with van der Waals surface area (Å²) < 4.78 is 0. The van der Waals surface area contributed by atoms with Crippen LogP contribution in [0.4, 0.5) is 10.5 Å². The third-order valence-electron chi connectivity index (χ3n) is 3.22. The molecule has 0 saturated carbocycles. The highest BCUT2D eigenvalue weighted by atomic mass is 16.2. The van der Waals surface area contributed by atoms with Crippen molar-refractivity contribution in [1.29, 1.82) is 0 Å². The molecule has 0 aromatic heterocycles. The maximum atomic E-state index is 11.9. The fourth-order valence-electron chi connectivity index (χ4n) is 2.20. The van der Waals surface area contributed by atoms with Gasteiger partial charge < -0.3 is 16.4 Å². The molecular weight excluding hydrogens is 250 g/mol. The van der Waals surface area contributed by atoms with Gasteiger partial charge in [0.05, 0.1) is 5.69 Å². The standard InChI is InChI=1S/C16H21N3O/c1-2-6-13(17)11-18-16(20)19-15-10-5-8-12-7-3-4-9-14(12)15/h3-5,7-10,13H,2,6,11,17H2,1H3,(H2,18,19,20). The van der Waals surface area contributed by atoms with Crippen molar-refractivity contribution in [3.05, 3.63) is 42.5 Å². The number of fused-ring (bicyclic) bond motifs is 1. The highest BCUT2D eigenvalue weighted by Crippen LogP contribution is 2.22. The van der Waals surface area contributed by atoms with E-state index in [1.165, 1.54) is 0 Å². The number of rotatable bonds is 5. The van der Waals surface area contributed by atoms with E-state index in [1.807, 2.05) is 42.5 Å². The molecule has 0 bridgehead atoms. The second-order valence-electron chi connectivity index (χ2n) is 4.91. The van der Waals surface area contributed by atoms with E-state index in [2.05, 4.69) is 17.6 Å². The van der Waals surface area contributed by atoms with Gasteiger partial charge in [-0.3, -0.25) is 0 Å². The zero-order valence-corrected chi connectivity index (χ0v) is 11.7. The molecule has 1 unspecified atom stereocenters. The molecule has 20 heavy (non-hydrogen) atoms. The summed E-state index contributed by atoms with van der Waals surface area (Å²) in [5.74, 6) is 0. The highest BCUT2D eigenvalue weighted by Gasteiger charge is 2.07. The Hall–Kier alpha value is -2.07. The van der Waals surface area contributed by atoms with E-state index in [1.54, 1.807) is 0 Å². The van der Waals surface area contributed by atoms with E-state index < -0.39 is 0 Å². The second-order valence-corrected chi connectivity index (χ2v) is 4.91. The predicted octanol–water partition coefficient (Wildman–Crippen LogP) is 3.09. The minimum atomic E-state index is -0.215. The average Bonchev–Trinajstić information content (AvgIpc) is 2.46. The Labute approximate surface area is 119 Å². The summed E-state index contributed by atoms with van der Waals surface area (Å²) in [7, 11) is 0. The Morgan fingerprint density at radius 1 is 1.20 bits per heavy atom. The maximum Gasteiger partial charge on any atom is 0.319 e. The van der Waals surface area contributed by atoms with Crippen LogP contribution in [0.15, 0.2) is 42.5 Å². The lowest BCUT2D eigenvalue weighted by Crippen LogP contribution is -2.39. The predicted molar refractivity (Wildman–Crippen MR) is 83.9 cm³/mol. The van der Waals surface area contributed by atoms with E-state index in [0.29, 0.717) is 6.54 Å². The van der Waals surface area contributed by atoms with E-state index in [0.717, 1.165) is 29.3 Å². The molecule has 2 aromatic carbocycles. The van der Waals surface area contributed by atoms with Crippen LogP contribution >= 0.6 is 0 Å². The third-order valence-corrected chi connectivity index (χ3v) is 3.22. The molecular formula is C16H21N3O. The molecule has 2 rings (SSSR count). The number of nitrogens with one attached hydrogen (secondary N) is 2. The Morgan fingerprint density at radius 3 is 2.75 bits per heavy atom. The van der Waals surface area contributed by atoms with Crippen LogP contribution in [0.25, 0.3) is 10.8 Å². The lowest BCUT2D eigenvalue weighted by atomic mass is 10.1. The third kappa shape index (κ3) is 3.71. The van der Waals surface area contributed by atoms with Gasteiger partial charge in [-0.05, 0) is 17.9 Å². The number of anilines is 1. The number of amides is 2. The van der Waals surface area contributed by atoms with Gasteiger partial charge in [0, 0.05) is 18.0 Å². The number of hydrogen-bond acceptors (Lipinski definition) is 2. The van der Waals surface area contributed by atoms with Gasteiger partial charge in [0.15, 0.2) is 0 Å². The maximum absolute atomic E-state index is 11.9. The Morgan fingerprint density at radius 2 is 1.95 bits per heavy atom. The van der Waals surface area contributed by atoms with Gasteiger partial charge in [-0.25, -0.2) is 4.79 Å². The molecule has 4 nitrogen and oxygen atoms in total. The van der Waals surface area contributed by atoms with Crippen molar-refractivity contribution in [3.63, 3.8) is 0 Å². The zero-order chi connectivity index (χ0) is 14.4. The van der Waals surface area contributed by atoms with Crippen LogP contribution in [-0.2, 0) is 0 Å². The summed E-state index contributed by atoms with van der Waals surface area (Å²) in [5, 5.41) is 7.82. The summed E-state index contributed by atoms with van der Waals surface area (Å²) in [4.78, 5) is 11.9. The number of urea groups is 1. The Balaban J connectivity index is 1.99.